The van der Waals surface area contributed by atoms with Gasteiger partial charge < -0.3 is 10.4 Å². The number of thiophene rings is 1. The van der Waals surface area contributed by atoms with Crippen LogP contribution >= 0.6 is 11.3 Å². The summed E-state index contributed by atoms with van der Waals surface area (Å²) in [5.74, 6) is -1.11. The van der Waals surface area contributed by atoms with Gasteiger partial charge in [-0.1, -0.05) is 24.3 Å². The number of pyridine rings is 1. The summed E-state index contributed by atoms with van der Waals surface area (Å²) in [7, 11) is 0. The molecule has 4 heterocycles. The average Bonchev–Trinajstić information content (AvgIpc) is 3.57. The summed E-state index contributed by atoms with van der Waals surface area (Å²) < 4.78 is 14.9. The predicted molar refractivity (Wildman–Crippen MR) is 138 cm³/mol. The molecule has 0 saturated heterocycles. The maximum absolute atomic E-state index is 14.9. The minimum absolute atomic E-state index is 0.0625. The second kappa shape index (κ2) is 9.29. The molecule has 0 spiro atoms. The van der Waals surface area contributed by atoms with Gasteiger partial charge in [0, 0.05) is 35.8 Å². The van der Waals surface area contributed by atoms with Gasteiger partial charge in [-0.25, -0.2) is 9.40 Å². The first-order valence-corrected chi connectivity index (χ1v) is 12.6. The normalized spacial score (nSPS) is 17.1. The summed E-state index contributed by atoms with van der Waals surface area (Å²) >= 11 is 1.38. The average molecular weight is 499 g/mol. The first kappa shape index (κ1) is 22.6. The van der Waals surface area contributed by atoms with Crippen molar-refractivity contribution in [1.82, 2.24) is 15.3 Å². The maximum Gasteiger partial charge on any atom is 0.284 e. The van der Waals surface area contributed by atoms with Crippen molar-refractivity contribution in [3.8, 4) is 16.2 Å². The number of fused-ring (bicyclic) bond motifs is 1. The van der Waals surface area contributed by atoms with Crippen LogP contribution in [0.2, 0.25) is 0 Å². The second-order valence-corrected chi connectivity index (χ2v) is 9.99. The van der Waals surface area contributed by atoms with E-state index in [2.05, 4.69) is 33.6 Å². The molecule has 2 aliphatic rings. The summed E-state index contributed by atoms with van der Waals surface area (Å²) in [4.78, 5) is 19.3. The number of hydrogen-bond donors (Lipinski definition) is 2. The minimum Gasteiger partial charge on any atom is -0.507 e. The summed E-state index contributed by atoms with van der Waals surface area (Å²) in [5, 5.41) is 19.8. The zero-order valence-electron chi connectivity index (χ0n) is 19.3. The van der Waals surface area contributed by atoms with Gasteiger partial charge in [0.25, 0.3) is 5.91 Å². The van der Waals surface area contributed by atoms with E-state index in [1.165, 1.54) is 45.7 Å². The molecule has 0 radical (unpaired) electrons. The molecule has 2 aromatic heterocycles. The van der Waals surface area contributed by atoms with E-state index in [1.807, 2.05) is 12.1 Å². The Labute approximate surface area is 211 Å². The molecule has 1 amide bonds. The topological polar surface area (TPSA) is 77.8 Å². The first-order chi connectivity index (χ1) is 17.6. The number of amides is 1. The van der Waals surface area contributed by atoms with Crippen molar-refractivity contribution in [1.29, 1.82) is 0 Å². The predicted octanol–water partition coefficient (Wildman–Crippen LogP) is 5.29. The lowest BCUT2D eigenvalue weighted by Gasteiger charge is -2.22. The molecule has 8 heteroatoms. The molecule has 4 aromatic rings. The summed E-state index contributed by atoms with van der Waals surface area (Å²) in [6.45, 7) is 1.83. The highest BCUT2D eigenvalue weighted by atomic mass is 32.1. The lowest BCUT2D eigenvalue weighted by molar-refractivity contribution is 0.0712. The van der Waals surface area contributed by atoms with Gasteiger partial charge in [-0.15, -0.1) is 11.3 Å². The number of nitrogens with zero attached hydrogens (tertiary/aromatic N) is 3. The number of phenols is 1. The Morgan fingerprint density at radius 3 is 2.83 bits per heavy atom. The summed E-state index contributed by atoms with van der Waals surface area (Å²) in [5.41, 5.74) is 5.12. The number of carbonyl (C=O) groups is 1. The molecule has 2 aliphatic heterocycles. The van der Waals surface area contributed by atoms with Gasteiger partial charge in [-0.3, -0.25) is 9.78 Å². The number of aromatic nitrogens is 1. The molecule has 1 unspecified atom stereocenters. The third-order valence-corrected chi connectivity index (χ3v) is 7.79. The zero-order valence-corrected chi connectivity index (χ0v) is 20.1. The van der Waals surface area contributed by atoms with Crippen molar-refractivity contribution >= 4 is 23.0 Å². The number of rotatable bonds is 4. The Hall–Kier alpha value is -3.88. The highest BCUT2D eigenvalue weighted by Crippen LogP contribution is 2.40. The molecular weight excluding hydrogens is 475 g/mol. The van der Waals surface area contributed by atoms with Gasteiger partial charge in [0.1, 0.15) is 11.6 Å². The fourth-order valence-electron chi connectivity index (χ4n) is 4.84. The number of aromatic hydroxyl groups is 1. The monoisotopic (exact) mass is 498 g/mol. The van der Waals surface area contributed by atoms with Crippen molar-refractivity contribution in [3.63, 3.8) is 0 Å². The van der Waals surface area contributed by atoms with Crippen molar-refractivity contribution < 1.29 is 14.3 Å². The van der Waals surface area contributed by atoms with Gasteiger partial charge in [-0.2, -0.15) is 5.10 Å². The molecule has 180 valence electrons. The van der Waals surface area contributed by atoms with E-state index < -0.39 is 11.9 Å². The smallest absolute Gasteiger partial charge is 0.284 e. The van der Waals surface area contributed by atoms with Crippen molar-refractivity contribution in [2.24, 2.45) is 5.10 Å². The number of nitrogens with one attached hydrogen (secondary N) is 1. The van der Waals surface area contributed by atoms with Crippen molar-refractivity contribution in [2.45, 2.75) is 25.4 Å². The molecule has 0 bridgehead atoms. The number of hydrogen-bond acceptors (Lipinski definition) is 6. The van der Waals surface area contributed by atoms with Crippen LogP contribution in [0.4, 0.5) is 4.39 Å². The largest absolute Gasteiger partial charge is 0.507 e. The molecule has 0 fully saturated rings. The lowest BCUT2D eigenvalue weighted by Crippen LogP contribution is -2.27. The number of carbonyl (C=O) groups excluding carboxylic acids is 1. The Bertz CT molecular complexity index is 1460. The summed E-state index contributed by atoms with van der Waals surface area (Å²) in [6, 6.07) is 17.2. The Morgan fingerprint density at radius 1 is 1.08 bits per heavy atom. The number of phenolic OH excluding ortho intramolecular Hbond substituents is 1. The fraction of sp³-hybridized carbons (Fsp3) is 0.179. The highest BCUT2D eigenvalue weighted by molar-refractivity contribution is 7.17. The van der Waals surface area contributed by atoms with Crippen LogP contribution in [0.3, 0.4) is 0 Å². The van der Waals surface area contributed by atoms with E-state index in [4.69, 9.17) is 0 Å². The van der Waals surface area contributed by atoms with Crippen LogP contribution in [0.15, 0.2) is 78.2 Å². The van der Waals surface area contributed by atoms with Crippen LogP contribution in [0.25, 0.3) is 10.4 Å². The SMILES string of the molecule is O=C(c1ccc(-c2ccc3c(c2)CNCC3)s1)N1N=C(c2cccnc2)CC1c1c(O)cccc1F. The third kappa shape index (κ3) is 4.08. The van der Waals surface area contributed by atoms with Gasteiger partial charge in [0.15, 0.2) is 0 Å². The molecule has 6 nitrogen and oxygen atoms in total. The molecule has 0 aliphatic carbocycles. The number of hydrazone groups is 1. The number of halogens is 1. The molecule has 1 atom stereocenters. The summed E-state index contributed by atoms with van der Waals surface area (Å²) in [6.07, 6.45) is 4.60. The van der Waals surface area contributed by atoms with E-state index in [-0.39, 0.29) is 23.6 Å². The molecule has 0 saturated carbocycles. The van der Waals surface area contributed by atoms with Gasteiger partial charge in [0.2, 0.25) is 0 Å². The number of benzene rings is 2. The minimum atomic E-state index is -0.769. The molecular formula is C28H23FN4O2S. The van der Waals surface area contributed by atoms with E-state index in [0.29, 0.717) is 10.6 Å². The molecule has 2 N–H and O–H groups in total. The second-order valence-electron chi connectivity index (χ2n) is 8.90. The fourth-order valence-corrected chi connectivity index (χ4v) is 5.78. The van der Waals surface area contributed by atoms with Crippen molar-refractivity contribution in [2.75, 3.05) is 6.54 Å². The van der Waals surface area contributed by atoms with E-state index in [9.17, 15) is 14.3 Å². The van der Waals surface area contributed by atoms with Gasteiger partial charge >= 0.3 is 0 Å². The van der Waals surface area contributed by atoms with Crippen LogP contribution in [0, 0.1) is 5.82 Å². The van der Waals surface area contributed by atoms with E-state index in [1.54, 1.807) is 24.5 Å². The molecule has 36 heavy (non-hydrogen) atoms. The van der Waals surface area contributed by atoms with Gasteiger partial charge in [-0.05, 0) is 66.1 Å². The standard InChI is InChI=1S/C28H23FN4O2S/c29-21-4-1-5-24(34)27(21)23-14-22(19-3-2-11-30-15-19)32-33(23)28(35)26-9-8-25(36-26)18-7-6-17-10-12-31-16-20(17)13-18/h1-9,11,13,15,23,31,34H,10,12,14,16H2. The third-order valence-electron chi connectivity index (χ3n) is 6.67. The van der Waals surface area contributed by atoms with Crippen LogP contribution < -0.4 is 5.32 Å². The van der Waals surface area contributed by atoms with E-state index in [0.717, 1.165) is 35.5 Å². The van der Waals surface area contributed by atoms with Crippen LogP contribution in [0.1, 0.15) is 44.4 Å². The van der Waals surface area contributed by atoms with Gasteiger partial charge in [0.05, 0.1) is 22.2 Å². The zero-order chi connectivity index (χ0) is 24.6. The molecule has 6 rings (SSSR count). The van der Waals surface area contributed by atoms with E-state index >= 15 is 0 Å². The van der Waals surface area contributed by atoms with Crippen LogP contribution in [-0.2, 0) is 13.0 Å². The van der Waals surface area contributed by atoms with Crippen LogP contribution in [-0.4, -0.2) is 33.3 Å². The Balaban J connectivity index is 1.35. The van der Waals surface area contributed by atoms with Crippen molar-refractivity contribution in [3.05, 3.63) is 106 Å². The maximum atomic E-state index is 14.9. The molecule has 2 aromatic carbocycles. The quantitative estimate of drug-likeness (QED) is 0.401. The first-order valence-electron chi connectivity index (χ1n) is 11.8. The van der Waals surface area contributed by atoms with Crippen LogP contribution in [0.5, 0.6) is 5.75 Å². The lowest BCUT2D eigenvalue weighted by atomic mass is 9.97. The Kier molecular flexibility index (Phi) is 5.83. The highest BCUT2D eigenvalue weighted by Gasteiger charge is 2.37. The Morgan fingerprint density at radius 2 is 2.00 bits per heavy atom.